The van der Waals surface area contributed by atoms with Crippen LogP contribution in [-0.4, -0.2) is 78.5 Å². The molecule has 0 aliphatic rings. The molecule has 0 unspecified atom stereocenters. The number of hydrogen-bond acceptors (Lipinski definition) is 11. The zero-order chi connectivity index (χ0) is 38.4. The quantitative estimate of drug-likeness (QED) is 0.0977. The van der Waals surface area contributed by atoms with Crippen LogP contribution in [0.4, 0.5) is 17.5 Å². The van der Waals surface area contributed by atoms with Gasteiger partial charge in [-0.15, -0.1) is 0 Å². The summed E-state index contributed by atoms with van der Waals surface area (Å²) in [6.45, 7) is 0.208. The Balaban J connectivity index is 1.28. The lowest BCUT2D eigenvalue weighted by atomic mass is 10.2. The van der Waals surface area contributed by atoms with Gasteiger partial charge in [0.05, 0.1) is 52.1 Å². The molecule has 3 aromatic heterocycles. The van der Waals surface area contributed by atoms with E-state index in [0.29, 0.717) is 22.8 Å². The van der Waals surface area contributed by atoms with Crippen molar-refractivity contribution in [2.45, 2.75) is 19.6 Å². The first-order valence-electron chi connectivity index (χ1n) is 16.2. The van der Waals surface area contributed by atoms with Gasteiger partial charge in [-0.3, -0.25) is 19.0 Å². The summed E-state index contributed by atoms with van der Waals surface area (Å²) in [5.74, 6) is -1.49. The van der Waals surface area contributed by atoms with Crippen LogP contribution in [0.5, 0.6) is 17.2 Å². The van der Waals surface area contributed by atoms with Gasteiger partial charge in [0.1, 0.15) is 28.6 Å². The van der Waals surface area contributed by atoms with E-state index in [2.05, 4.69) is 25.9 Å². The lowest BCUT2D eigenvalue weighted by molar-refractivity contribution is -0.389. The first-order valence-corrected chi connectivity index (χ1v) is 16.2. The van der Waals surface area contributed by atoms with Crippen molar-refractivity contribution in [2.24, 2.45) is 0 Å². The second kappa shape index (κ2) is 15.8. The maximum absolute atomic E-state index is 13.8. The van der Waals surface area contributed by atoms with E-state index in [-0.39, 0.29) is 48.4 Å². The van der Waals surface area contributed by atoms with Crippen molar-refractivity contribution in [3.63, 3.8) is 0 Å². The molecule has 0 radical (unpaired) electrons. The molecule has 2 amide bonds. The molecule has 3 aromatic carbocycles. The molecule has 18 nitrogen and oxygen atoms in total. The highest BCUT2D eigenvalue weighted by molar-refractivity contribution is 6.06. The van der Waals surface area contributed by atoms with Gasteiger partial charge in [-0.25, -0.2) is 4.79 Å². The number of nitrogens with zero attached hydrogens (tertiary/aromatic N) is 7. The molecule has 3 heterocycles. The number of anilines is 2. The number of carboxylic acids is 1. The number of rotatable bonds is 15. The lowest BCUT2D eigenvalue weighted by Crippen LogP contribution is -2.19. The van der Waals surface area contributed by atoms with Crippen molar-refractivity contribution in [1.29, 1.82) is 0 Å². The van der Waals surface area contributed by atoms with Crippen molar-refractivity contribution in [1.82, 2.24) is 29.3 Å². The third-order valence-electron chi connectivity index (χ3n) is 8.16. The average molecular weight is 736 g/mol. The van der Waals surface area contributed by atoms with Gasteiger partial charge >= 0.3 is 11.8 Å². The van der Waals surface area contributed by atoms with E-state index < -0.39 is 28.5 Å². The third kappa shape index (κ3) is 8.34. The van der Waals surface area contributed by atoms with Crippen LogP contribution in [0.2, 0.25) is 0 Å². The fourth-order valence-electron chi connectivity index (χ4n) is 5.42. The number of nitro groups is 1. The molecular formula is C36H33N9O9. The zero-order valence-corrected chi connectivity index (χ0v) is 29.1. The Morgan fingerprint density at radius 2 is 0.963 bits per heavy atom. The minimum absolute atomic E-state index is 0.0135. The standard InChI is InChI=1S/C36H33N9O9/c1-52-25-10-4-22(5-11-25)19-42-28(34(46)38-32-17-30(36(48)49)44(40-32)21-24-8-14-27(54-3)15-9-24)16-31(39-42)37-35(47)29-18-33(45(50)51)41-43(29)20-23-6-12-26(53-2)13-7-23/h4-18H,19-21H2,1-3H3,(H,48,49)(H,37,39,47)(H,38,40,46). The van der Waals surface area contributed by atoms with Gasteiger partial charge in [0.2, 0.25) is 0 Å². The summed E-state index contributed by atoms with van der Waals surface area (Å²) in [6, 6.07) is 24.5. The van der Waals surface area contributed by atoms with Crippen LogP contribution in [0.3, 0.4) is 0 Å². The van der Waals surface area contributed by atoms with Crippen LogP contribution in [0.15, 0.2) is 91.0 Å². The Kier molecular flexibility index (Phi) is 10.6. The van der Waals surface area contributed by atoms with E-state index >= 15 is 0 Å². The van der Waals surface area contributed by atoms with E-state index in [0.717, 1.165) is 17.2 Å². The van der Waals surface area contributed by atoms with Gasteiger partial charge in [-0.2, -0.15) is 14.9 Å². The Bertz CT molecular complexity index is 2310. The first kappa shape index (κ1) is 36.3. The molecule has 0 aliphatic heterocycles. The van der Waals surface area contributed by atoms with Gasteiger partial charge in [0, 0.05) is 12.1 Å². The third-order valence-corrected chi connectivity index (χ3v) is 8.16. The highest BCUT2D eigenvalue weighted by Gasteiger charge is 2.26. The molecule has 6 aromatic rings. The number of carboxylic acid groups (broad SMARTS) is 1. The summed E-state index contributed by atoms with van der Waals surface area (Å²) in [5.41, 5.74) is 1.87. The fraction of sp³-hybridized carbons (Fsp3) is 0.167. The molecule has 0 bridgehead atoms. The van der Waals surface area contributed by atoms with Crippen LogP contribution >= 0.6 is 0 Å². The van der Waals surface area contributed by atoms with Crippen molar-refractivity contribution < 1.29 is 38.6 Å². The maximum atomic E-state index is 13.8. The number of aromatic carboxylic acids is 1. The molecule has 0 fully saturated rings. The molecule has 0 spiro atoms. The molecule has 18 heteroatoms. The Hall–Kier alpha value is -7.50. The van der Waals surface area contributed by atoms with Crippen LogP contribution in [0.1, 0.15) is 48.2 Å². The summed E-state index contributed by atoms with van der Waals surface area (Å²) in [7, 11) is 4.59. The molecule has 6 rings (SSSR count). The number of carbonyl (C=O) groups excluding carboxylic acids is 2. The normalized spacial score (nSPS) is 10.8. The molecule has 0 saturated carbocycles. The van der Waals surface area contributed by atoms with Crippen molar-refractivity contribution >= 4 is 35.2 Å². The Morgan fingerprint density at radius 1 is 0.611 bits per heavy atom. The molecule has 0 atom stereocenters. The van der Waals surface area contributed by atoms with Crippen molar-refractivity contribution in [3.05, 3.63) is 135 Å². The van der Waals surface area contributed by atoms with Gasteiger partial charge < -0.3 is 40.1 Å². The first-order chi connectivity index (χ1) is 26.0. The maximum Gasteiger partial charge on any atom is 0.390 e. The van der Waals surface area contributed by atoms with Crippen LogP contribution in [-0.2, 0) is 19.6 Å². The molecule has 0 saturated heterocycles. The monoisotopic (exact) mass is 735 g/mol. The number of ether oxygens (including phenoxy) is 3. The summed E-state index contributed by atoms with van der Waals surface area (Å²) in [6.07, 6.45) is 0. The minimum atomic E-state index is -1.25. The van der Waals surface area contributed by atoms with Crippen molar-refractivity contribution in [2.75, 3.05) is 32.0 Å². The van der Waals surface area contributed by atoms with E-state index in [4.69, 9.17) is 14.2 Å². The molecule has 54 heavy (non-hydrogen) atoms. The summed E-state index contributed by atoms with van der Waals surface area (Å²) < 4.78 is 19.4. The molecular weight excluding hydrogens is 702 g/mol. The number of methoxy groups -OCH3 is 3. The van der Waals surface area contributed by atoms with E-state index in [1.807, 2.05) is 0 Å². The lowest BCUT2D eigenvalue weighted by Gasteiger charge is -2.08. The van der Waals surface area contributed by atoms with Crippen molar-refractivity contribution in [3.8, 4) is 17.2 Å². The molecule has 3 N–H and O–H groups in total. The van der Waals surface area contributed by atoms with Crippen LogP contribution in [0.25, 0.3) is 0 Å². The molecule has 0 aliphatic carbocycles. The smallest absolute Gasteiger partial charge is 0.390 e. The Labute approximate surface area is 306 Å². The highest BCUT2D eigenvalue weighted by atomic mass is 16.6. The van der Waals surface area contributed by atoms with Gasteiger partial charge in [-0.1, -0.05) is 36.4 Å². The second-order valence-corrected chi connectivity index (χ2v) is 11.7. The predicted octanol–water partition coefficient (Wildman–Crippen LogP) is 4.56. The van der Waals surface area contributed by atoms with Gasteiger partial charge in [-0.05, 0) is 58.0 Å². The van der Waals surface area contributed by atoms with Gasteiger partial charge in [0.25, 0.3) is 11.8 Å². The van der Waals surface area contributed by atoms with Crippen LogP contribution < -0.4 is 24.8 Å². The van der Waals surface area contributed by atoms with Crippen LogP contribution in [0, 0.1) is 10.1 Å². The zero-order valence-electron chi connectivity index (χ0n) is 29.1. The number of benzene rings is 3. The average Bonchev–Trinajstić information content (AvgIpc) is 3.89. The second-order valence-electron chi connectivity index (χ2n) is 11.7. The SMILES string of the molecule is COc1ccc(Cn2nc(NC(=O)c3cc(NC(=O)c4cc([N+](=O)[O-])nn4Cc4ccc(OC)cc4)nn3Cc3ccc(OC)cc3)cc2C(=O)O)cc1. The van der Waals surface area contributed by atoms with E-state index in [1.54, 1.807) is 72.8 Å². The topological polar surface area (TPSA) is 220 Å². The summed E-state index contributed by atoms with van der Waals surface area (Å²) in [5, 5.41) is 39.5. The molecule has 276 valence electrons. The van der Waals surface area contributed by atoms with E-state index in [1.165, 1.54) is 47.5 Å². The fourth-order valence-corrected chi connectivity index (χ4v) is 5.42. The van der Waals surface area contributed by atoms with Gasteiger partial charge in [0.15, 0.2) is 17.3 Å². The minimum Gasteiger partial charge on any atom is -0.497 e. The summed E-state index contributed by atoms with van der Waals surface area (Å²) in [4.78, 5) is 50.4. The number of nitrogens with one attached hydrogen (secondary N) is 2. The number of amides is 2. The largest absolute Gasteiger partial charge is 0.497 e. The number of hydrogen-bond donors (Lipinski definition) is 3. The highest BCUT2D eigenvalue weighted by Crippen LogP contribution is 2.22. The van der Waals surface area contributed by atoms with E-state index in [9.17, 15) is 29.6 Å². The number of aromatic nitrogens is 6. The Morgan fingerprint density at radius 3 is 1.33 bits per heavy atom. The predicted molar refractivity (Wildman–Crippen MR) is 192 cm³/mol. The summed E-state index contributed by atoms with van der Waals surface area (Å²) >= 11 is 0. The number of carbonyl (C=O) groups is 3.